The summed E-state index contributed by atoms with van der Waals surface area (Å²) in [7, 11) is 0. The Hall–Kier alpha value is -1.73. The number of rotatable bonds is 3. The Bertz CT molecular complexity index is 567. The smallest absolute Gasteiger partial charge is 0.347 e. The van der Waals surface area contributed by atoms with E-state index in [2.05, 4.69) is 9.88 Å². The van der Waals surface area contributed by atoms with Gasteiger partial charge in [-0.05, 0) is 32.0 Å². The minimum absolute atomic E-state index is 0.0217. The van der Waals surface area contributed by atoms with Crippen LogP contribution in [0.3, 0.4) is 0 Å². The Kier molecular flexibility index (Phi) is 4.03. The van der Waals surface area contributed by atoms with Gasteiger partial charge in [-0.1, -0.05) is 0 Å². The maximum atomic E-state index is 12.3. The van der Waals surface area contributed by atoms with Crippen LogP contribution < -0.4 is 5.69 Å². The fourth-order valence-electron chi connectivity index (χ4n) is 3.16. The third kappa shape index (κ3) is 2.98. The summed E-state index contributed by atoms with van der Waals surface area (Å²) in [6.45, 7) is 2.84. The van der Waals surface area contributed by atoms with Crippen molar-refractivity contribution >= 4 is 5.91 Å². The van der Waals surface area contributed by atoms with Crippen molar-refractivity contribution in [3.05, 3.63) is 28.9 Å². The molecule has 0 saturated carbocycles. The van der Waals surface area contributed by atoms with Crippen LogP contribution in [0, 0.1) is 0 Å². The molecular weight excluding hydrogens is 272 g/mol. The molecule has 2 aliphatic heterocycles. The lowest BCUT2D eigenvalue weighted by Crippen LogP contribution is -2.42. The topological polar surface area (TPSA) is 78.7 Å². The van der Waals surface area contributed by atoms with E-state index in [1.54, 1.807) is 17.2 Å². The molecule has 2 aliphatic rings. The van der Waals surface area contributed by atoms with Gasteiger partial charge in [0.25, 0.3) is 0 Å². The third-order valence-electron chi connectivity index (χ3n) is 4.31. The van der Waals surface area contributed by atoms with Crippen LogP contribution in [0.15, 0.2) is 23.3 Å². The average Bonchev–Trinajstić information content (AvgIpc) is 3.10. The number of aliphatic hydroxyl groups excluding tert-OH is 1. The monoisotopic (exact) mass is 292 g/mol. The first-order chi connectivity index (χ1) is 10.1. The van der Waals surface area contributed by atoms with E-state index in [1.807, 2.05) is 0 Å². The van der Waals surface area contributed by atoms with Gasteiger partial charge in [-0.25, -0.2) is 9.78 Å². The van der Waals surface area contributed by atoms with Crippen LogP contribution in [0.5, 0.6) is 0 Å². The lowest BCUT2D eigenvalue weighted by molar-refractivity contribution is -0.131. The second-order valence-electron chi connectivity index (χ2n) is 5.71. The van der Waals surface area contributed by atoms with Gasteiger partial charge in [0.2, 0.25) is 5.91 Å². The highest BCUT2D eigenvalue weighted by Crippen LogP contribution is 2.21. The fourth-order valence-corrected chi connectivity index (χ4v) is 3.16. The number of carbonyl (C=O) groups is 1. The van der Waals surface area contributed by atoms with E-state index < -0.39 is 11.8 Å². The van der Waals surface area contributed by atoms with Crippen molar-refractivity contribution in [2.45, 2.75) is 31.5 Å². The summed E-state index contributed by atoms with van der Waals surface area (Å²) in [6, 6.07) is 1.66. The summed E-state index contributed by atoms with van der Waals surface area (Å²) < 4.78 is 1.29. The van der Waals surface area contributed by atoms with E-state index >= 15 is 0 Å². The van der Waals surface area contributed by atoms with Crippen molar-refractivity contribution in [2.24, 2.45) is 0 Å². The van der Waals surface area contributed by atoms with Gasteiger partial charge in [-0.15, -0.1) is 0 Å². The average molecular weight is 292 g/mol. The molecule has 1 aromatic rings. The molecule has 7 nitrogen and oxygen atoms in total. The molecule has 0 unspecified atom stereocenters. The lowest BCUT2D eigenvalue weighted by Gasteiger charge is -2.25. The largest absolute Gasteiger partial charge is 0.390 e. The molecule has 0 bridgehead atoms. The first kappa shape index (κ1) is 14.2. The molecule has 2 atom stereocenters. The quantitative estimate of drug-likeness (QED) is 0.766. The normalized spacial score (nSPS) is 26.4. The van der Waals surface area contributed by atoms with E-state index in [1.165, 1.54) is 10.8 Å². The number of aliphatic hydroxyl groups is 1. The Labute approximate surface area is 122 Å². The summed E-state index contributed by atoms with van der Waals surface area (Å²) in [5.74, 6) is -0.147. The van der Waals surface area contributed by atoms with Crippen molar-refractivity contribution in [3.63, 3.8) is 0 Å². The van der Waals surface area contributed by atoms with Crippen molar-refractivity contribution in [2.75, 3.05) is 26.2 Å². The molecule has 2 saturated heterocycles. The molecule has 3 rings (SSSR count). The number of β-amino-alcohol motifs (C(OH)–C–C–N with tert-alkyl or cyclic N) is 1. The molecular formula is C14H20N4O3. The highest BCUT2D eigenvalue weighted by molar-refractivity contribution is 5.76. The van der Waals surface area contributed by atoms with Gasteiger partial charge in [0.15, 0.2) is 0 Å². The SMILES string of the molecule is O=C(Cn1cccnc1=O)N1C[C@@H](O)[C@H](N2CCCC2)C1. The van der Waals surface area contributed by atoms with E-state index in [-0.39, 0.29) is 18.5 Å². The fraction of sp³-hybridized carbons (Fsp3) is 0.643. The molecule has 1 amide bonds. The predicted molar refractivity (Wildman–Crippen MR) is 75.7 cm³/mol. The minimum atomic E-state index is -0.502. The molecule has 21 heavy (non-hydrogen) atoms. The number of nitrogens with zero attached hydrogens (tertiary/aromatic N) is 4. The van der Waals surface area contributed by atoms with Gasteiger partial charge in [0, 0.05) is 25.5 Å². The minimum Gasteiger partial charge on any atom is -0.390 e. The van der Waals surface area contributed by atoms with Crippen LogP contribution in [0.1, 0.15) is 12.8 Å². The molecule has 0 radical (unpaired) electrons. The Morgan fingerprint density at radius 3 is 2.81 bits per heavy atom. The predicted octanol–water partition coefficient (Wildman–Crippen LogP) is -1.09. The van der Waals surface area contributed by atoms with Crippen LogP contribution in [-0.4, -0.2) is 68.7 Å². The van der Waals surface area contributed by atoms with Crippen LogP contribution in [0.4, 0.5) is 0 Å². The van der Waals surface area contributed by atoms with E-state index in [4.69, 9.17) is 0 Å². The van der Waals surface area contributed by atoms with Gasteiger partial charge in [0.1, 0.15) is 6.54 Å². The zero-order valence-electron chi connectivity index (χ0n) is 11.9. The summed E-state index contributed by atoms with van der Waals surface area (Å²) >= 11 is 0. The first-order valence-corrected chi connectivity index (χ1v) is 7.36. The van der Waals surface area contributed by atoms with E-state index in [0.717, 1.165) is 25.9 Å². The maximum Gasteiger partial charge on any atom is 0.347 e. The number of carbonyl (C=O) groups excluding carboxylic acids is 1. The van der Waals surface area contributed by atoms with Crippen LogP contribution in [0.25, 0.3) is 0 Å². The number of aromatic nitrogens is 2. The molecule has 1 aromatic heterocycles. The Morgan fingerprint density at radius 2 is 2.10 bits per heavy atom. The Balaban J connectivity index is 1.63. The summed E-state index contributed by atoms with van der Waals surface area (Å²) in [5.41, 5.74) is -0.429. The highest BCUT2D eigenvalue weighted by atomic mass is 16.3. The molecule has 0 aliphatic carbocycles. The number of hydrogen-bond acceptors (Lipinski definition) is 5. The first-order valence-electron chi connectivity index (χ1n) is 7.36. The Morgan fingerprint density at radius 1 is 1.33 bits per heavy atom. The van der Waals surface area contributed by atoms with Crippen molar-refractivity contribution in [1.82, 2.24) is 19.4 Å². The second kappa shape index (κ2) is 5.95. The van der Waals surface area contributed by atoms with E-state index in [0.29, 0.717) is 13.1 Å². The zero-order chi connectivity index (χ0) is 14.8. The zero-order valence-corrected chi connectivity index (χ0v) is 11.9. The standard InChI is InChI=1S/C14H20N4O3/c19-12-9-18(8-11(12)16-5-1-2-6-16)13(20)10-17-7-3-4-15-14(17)21/h3-4,7,11-12,19H,1-2,5-6,8-10H2/t11-,12-/m1/s1. The van der Waals surface area contributed by atoms with Crippen LogP contribution in [-0.2, 0) is 11.3 Å². The molecule has 114 valence electrons. The summed E-state index contributed by atoms with van der Waals surface area (Å²) in [4.78, 5) is 31.3. The molecule has 3 heterocycles. The van der Waals surface area contributed by atoms with Crippen molar-refractivity contribution in [1.29, 1.82) is 0 Å². The summed E-state index contributed by atoms with van der Waals surface area (Å²) in [5, 5.41) is 10.2. The molecule has 7 heteroatoms. The van der Waals surface area contributed by atoms with E-state index in [9.17, 15) is 14.7 Å². The molecule has 0 spiro atoms. The van der Waals surface area contributed by atoms with Gasteiger partial charge < -0.3 is 10.0 Å². The third-order valence-corrected chi connectivity index (χ3v) is 4.31. The van der Waals surface area contributed by atoms with Crippen LogP contribution >= 0.6 is 0 Å². The van der Waals surface area contributed by atoms with Crippen LogP contribution in [0.2, 0.25) is 0 Å². The second-order valence-corrected chi connectivity index (χ2v) is 5.71. The van der Waals surface area contributed by atoms with Gasteiger partial charge >= 0.3 is 5.69 Å². The summed E-state index contributed by atoms with van der Waals surface area (Å²) in [6.07, 6.45) is 4.77. The number of likely N-dealkylation sites (tertiary alicyclic amines) is 2. The lowest BCUT2D eigenvalue weighted by atomic mass is 10.2. The van der Waals surface area contributed by atoms with Crippen molar-refractivity contribution in [3.8, 4) is 0 Å². The van der Waals surface area contributed by atoms with Gasteiger partial charge in [0.05, 0.1) is 12.1 Å². The molecule has 1 N–H and O–H groups in total. The van der Waals surface area contributed by atoms with Gasteiger partial charge in [-0.2, -0.15) is 0 Å². The number of amides is 1. The maximum absolute atomic E-state index is 12.3. The highest BCUT2D eigenvalue weighted by Gasteiger charge is 2.38. The van der Waals surface area contributed by atoms with Gasteiger partial charge in [-0.3, -0.25) is 14.3 Å². The molecule has 2 fully saturated rings. The molecule has 0 aromatic carbocycles. The number of hydrogen-bond donors (Lipinski definition) is 1. The van der Waals surface area contributed by atoms with Crippen molar-refractivity contribution < 1.29 is 9.90 Å².